The van der Waals surface area contributed by atoms with Gasteiger partial charge in [0.25, 0.3) is 0 Å². The summed E-state index contributed by atoms with van der Waals surface area (Å²) < 4.78 is -1.84. The number of phenolic OH excluding ortho intramolecular Hbond substituents is 1. The molecule has 0 bridgehead atoms. The van der Waals surface area contributed by atoms with Crippen molar-refractivity contribution in [3.63, 3.8) is 0 Å². The van der Waals surface area contributed by atoms with Crippen molar-refractivity contribution in [2.75, 3.05) is 0 Å². The molecule has 5 heteroatoms. The van der Waals surface area contributed by atoms with Gasteiger partial charge in [0.05, 0.1) is 0 Å². The summed E-state index contributed by atoms with van der Waals surface area (Å²) in [6, 6.07) is 4.72. The zero-order valence-corrected chi connectivity index (χ0v) is 9.61. The third-order valence-electron chi connectivity index (χ3n) is 1.79. The first kappa shape index (κ1) is 11.9. The number of benzene rings is 1. The van der Waals surface area contributed by atoms with E-state index in [4.69, 9.17) is 34.8 Å². The number of aromatic hydroxyl groups is 1. The zero-order chi connectivity index (χ0) is 10.9. The molecule has 2 N–H and O–H groups in total. The lowest BCUT2D eigenvalue weighted by Crippen LogP contribution is -2.16. The van der Waals surface area contributed by atoms with Crippen LogP contribution in [0.4, 0.5) is 0 Å². The lowest BCUT2D eigenvalue weighted by atomic mass is 10.1. The maximum Gasteiger partial charge on any atom is 0.220 e. The van der Waals surface area contributed by atoms with Gasteiger partial charge in [0.15, 0.2) is 0 Å². The number of aliphatic hydroxyl groups is 1. The van der Waals surface area contributed by atoms with Gasteiger partial charge in [-0.25, -0.2) is 0 Å². The maximum absolute atomic E-state index is 9.61. The number of halogens is 3. The molecule has 78 valence electrons. The highest BCUT2D eigenvalue weighted by Gasteiger charge is 2.33. The van der Waals surface area contributed by atoms with E-state index < -0.39 is 9.90 Å². The monoisotopic (exact) mass is 254 g/mol. The first-order chi connectivity index (χ1) is 6.32. The largest absolute Gasteiger partial charge is 0.508 e. The molecule has 0 heterocycles. The Hall–Kier alpha value is -0.150. The van der Waals surface area contributed by atoms with Crippen molar-refractivity contribution < 1.29 is 10.2 Å². The van der Waals surface area contributed by atoms with Crippen LogP contribution >= 0.6 is 34.8 Å². The Morgan fingerprint density at radius 1 is 1.29 bits per heavy atom. The number of aryl methyl sites for hydroxylation is 1. The van der Waals surface area contributed by atoms with E-state index in [9.17, 15) is 10.2 Å². The highest BCUT2D eigenvalue weighted by Crippen LogP contribution is 2.42. The minimum atomic E-state index is -1.84. The van der Waals surface area contributed by atoms with Crippen molar-refractivity contribution in [3.05, 3.63) is 29.3 Å². The number of hydrogen-bond donors (Lipinski definition) is 2. The Morgan fingerprint density at radius 2 is 1.86 bits per heavy atom. The Balaban J connectivity index is 3.12. The van der Waals surface area contributed by atoms with Gasteiger partial charge in [-0.1, -0.05) is 46.4 Å². The van der Waals surface area contributed by atoms with Crippen LogP contribution in [-0.4, -0.2) is 14.0 Å². The third kappa shape index (κ3) is 2.67. The van der Waals surface area contributed by atoms with Gasteiger partial charge in [-0.15, -0.1) is 0 Å². The summed E-state index contributed by atoms with van der Waals surface area (Å²) in [5.74, 6) is -0.0885. The second-order valence-corrected chi connectivity index (χ2v) is 5.38. The van der Waals surface area contributed by atoms with E-state index in [1.165, 1.54) is 6.07 Å². The molecule has 0 saturated carbocycles. The number of rotatable bonds is 1. The van der Waals surface area contributed by atoms with Gasteiger partial charge in [0, 0.05) is 5.56 Å². The predicted octanol–water partition coefficient (Wildman–Crippen LogP) is 3.10. The highest BCUT2D eigenvalue weighted by atomic mass is 35.6. The molecule has 1 atom stereocenters. The quantitative estimate of drug-likeness (QED) is 0.757. The fourth-order valence-corrected chi connectivity index (χ4v) is 1.42. The topological polar surface area (TPSA) is 40.5 Å². The number of hydrogen-bond acceptors (Lipinski definition) is 2. The van der Waals surface area contributed by atoms with Gasteiger partial charge in [0.1, 0.15) is 11.9 Å². The Morgan fingerprint density at radius 3 is 2.36 bits per heavy atom. The molecule has 1 aromatic rings. The molecule has 0 aliphatic heterocycles. The van der Waals surface area contributed by atoms with Gasteiger partial charge in [-0.05, 0) is 19.1 Å². The molecule has 0 spiro atoms. The Bertz CT molecular complexity index is 333. The molecule has 14 heavy (non-hydrogen) atoms. The summed E-state index contributed by atoms with van der Waals surface area (Å²) in [7, 11) is 0. The molecule has 0 saturated heterocycles. The van der Waals surface area contributed by atoms with Crippen LogP contribution in [-0.2, 0) is 0 Å². The van der Waals surface area contributed by atoms with Crippen LogP contribution in [0.5, 0.6) is 5.75 Å². The van der Waals surface area contributed by atoms with E-state index in [2.05, 4.69) is 0 Å². The minimum Gasteiger partial charge on any atom is -0.508 e. The Kier molecular flexibility index (Phi) is 3.53. The summed E-state index contributed by atoms with van der Waals surface area (Å²) in [4.78, 5) is 0. The van der Waals surface area contributed by atoms with Gasteiger partial charge in [-0.2, -0.15) is 0 Å². The normalized spacial score (nSPS) is 14.1. The molecule has 0 aliphatic rings. The van der Waals surface area contributed by atoms with Gasteiger partial charge in [0.2, 0.25) is 3.79 Å². The lowest BCUT2D eigenvalue weighted by Gasteiger charge is -2.20. The van der Waals surface area contributed by atoms with Crippen LogP contribution in [0.3, 0.4) is 0 Å². The molecule has 2 nitrogen and oxygen atoms in total. The van der Waals surface area contributed by atoms with Crippen molar-refractivity contribution in [1.82, 2.24) is 0 Å². The van der Waals surface area contributed by atoms with Crippen LogP contribution < -0.4 is 0 Å². The van der Waals surface area contributed by atoms with E-state index in [0.717, 1.165) is 5.56 Å². The van der Waals surface area contributed by atoms with E-state index in [1.807, 2.05) is 6.92 Å². The third-order valence-corrected chi connectivity index (χ3v) is 2.41. The van der Waals surface area contributed by atoms with Gasteiger partial charge >= 0.3 is 0 Å². The zero-order valence-electron chi connectivity index (χ0n) is 7.34. The molecule has 0 radical (unpaired) electrons. The summed E-state index contributed by atoms with van der Waals surface area (Å²) >= 11 is 16.5. The van der Waals surface area contributed by atoms with Gasteiger partial charge < -0.3 is 10.2 Å². The molecular weight excluding hydrogens is 246 g/mol. The fraction of sp³-hybridized carbons (Fsp3) is 0.333. The molecule has 0 aromatic heterocycles. The van der Waals surface area contributed by atoms with E-state index in [0.29, 0.717) is 0 Å². The predicted molar refractivity (Wildman–Crippen MR) is 58.1 cm³/mol. The smallest absolute Gasteiger partial charge is 0.220 e. The number of phenols is 1. The van der Waals surface area contributed by atoms with Crippen molar-refractivity contribution in [1.29, 1.82) is 0 Å². The SMILES string of the molecule is Cc1ccc(O)c([C@@H](O)C(Cl)(Cl)Cl)c1. The molecule has 0 unspecified atom stereocenters. The van der Waals surface area contributed by atoms with Crippen LogP contribution in [0.2, 0.25) is 0 Å². The van der Waals surface area contributed by atoms with Crippen molar-refractivity contribution in [3.8, 4) is 5.75 Å². The summed E-state index contributed by atoms with van der Waals surface area (Å²) in [5.41, 5.74) is 1.08. The fourth-order valence-electron chi connectivity index (χ4n) is 1.07. The maximum atomic E-state index is 9.61. The molecule has 0 fully saturated rings. The number of alkyl halides is 3. The molecule has 1 aromatic carbocycles. The average Bonchev–Trinajstić information content (AvgIpc) is 2.06. The summed E-state index contributed by atoms with van der Waals surface area (Å²) in [6.45, 7) is 1.81. The van der Waals surface area contributed by atoms with E-state index >= 15 is 0 Å². The molecule has 0 amide bonds. The second-order valence-electron chi connectivity index (χ2n) is 3.01. The van der Waals surface area contributed by atoms with Crippen molar-refractivity contribution in [2.24, 2.45) is 0 Å². The van der Waals surface area contributed by atoms with Crippen LogP contribution in [0.15, 0.2) is 18.2 Å². The van der Waals surface area contributed by atoms with Gasteiger partial charge in [-0.3, -0.25) is 0 Å². The second kappa shape index (κ2) is 4.15. The number of aliphatic hydroxyl groups excluding tert-OH is 1. The van der Waals surface area contributed by atoms with E-state index in [1.54, 1.807) is 12.1 Å². The standard InChI is InChI=1S/C9H9Cl3O2/c1-5-2-3-7(13)6(4-5)8(14)9(10,11)12/h2-4,8,13-14H,1H3/t8-/m1/s1. The van der Waals surface area contributed by atoms with E-state index in [-0.39, 0.29) is 11.3 Å². The van der Waals surface area contributed by atoms with Crippen LogP contribution in [0.1, 0.15) is 17.2 Å². The lowest BCUT2D eigenvalue weighted by molar-refractivity contribution is 0.178. The average molecular weight is 256 g/mol. The Labute approximate surface area is 97.0 Å². The van der Waals surface area contributed by atoms with Crippen LogP contribution in [0, 0.1) is 6.92 Å². The van der Waals surface area contributed by atoms with Crippen LogP contribution in [0.25, 0.3) is 0 Å². The highest BCUT2D eigenvalue weighted by molar-refractivity contribution is 6.68. The van der Waals surface area contributed by atoms with Crippen molar-refractivity contribution >= 4 is 34.8 Å². The molecule has 1 rings (SSSR count). The summed E-state index contributed by atoms with van der Waals surface area (Å²) in [6.07, 6.45) is -1.34. The molecule has 0 aliphatic carbocycles. The first-order valence-electron chi connectivity index (χ1n) is 3.86. The van der Waals surface area contributed by atoms with Crippen molar-refractivity contribution in [2.45, 2.75) is 16.8 Å². The minimum absolute atomic E-state index is 0.0885. The molecular formula is C9H9Cl3O2. The summed E-state index contributed by atoms with van der Waals surface area (Å²) in [5, 5.41) is 19.0. The first-order valence-corrected chi connectivity index (χ1v) is 5.00.